The van der Waals surface area contributed by atoms with Crippen LogP contribution in [-0.2, 0) is 4.79 Å². The summed E-state index contributed by atoms with van der Waals surface area (Å²) < 4.78 is 0. The number of carbonyl (C=O) groups excluding carboxylic acids is 1. The fraction of sp³-hybridized carbons (Fsp3) is 0.933. The standard InChI is InChI=1S/C15H30N2O/c1-4-7-14(12-13-8-5-6-9-13)15(18)17(3)11-10-16-2/h13-14,16H,4-12H2,1-3H3. The number of carbonyl (C=O) groups is 1. The van der Waals surface area contributed by atoms with Crippen molar-refractivity contribution in [3.8, 4) is 0 Å². The molecule has 0 radical (unpaired) electrons. The van der Waals surface area contributed by atoms with Gasteiger partial charge < -0.3 is 10.2 Å². The minimum Gasteiger partial charge on any atom is -0.344 e. The molecule has 1 amide bonds. The lowest BCUT2D eigenvalue weighted by atomic mass is 9.89. The van der Waals surface area contributed by atoms with Crippen molar-refractivity contribution in [2.75, 3.05) is 27.2 Å². The van der Waals surface area contributed by atoms with Crippen LogP contribution in [0.2, 0.25) is 0 Å². The van der Waals surface area contributed by atoms with Crippen molar-refractivity contribution in [1.82, 2.24) is 10.2 Å². The molecule has 1 aliphatic rings. The van der Waals surface area contributed by atoms with Crippen LogP contribution < -0.4 is 5.32 Å². The molecule has 1 N–H and O–H groups in total. The molecule has 0 spiro atoms. The molecule has 1 atom stereocenters. The van der Waals surface area contributed by atoms with E-state index in [1.54, 1.807) is 0 Å². The number of amides is 1. The molecular weight excluding hydrogens is 224 g/mol. The van der Waals surface area contributed by atoms with E-state index < -0.39 is 0 Å². The van der Waals surface area contributed by atoms with Crippen LogP contribution in [0.15, 0.2) is 0 Å². The van der Waals surface area contributed by atoms with Crippen molar-refractivity contribution >= 4 is 5.91 Å². The van der Waals surface area contributed by atoms with Gasteiger partial charge in [0.05, 0.1) is 0 Å². The SMILES string of the molecule is CCCC(CC1CCCC1)C(=O)N(C)CCNC. The van der Waals surface area contributed by atoms with Crippen LogP contribution in [0.5, 0.6) is 0 Å². The molecule has 1 rings (SSSR count). The first-order valence-corrected chi connectivity index (χ1v) is 7.58. The fourth-order valence-electron chi connectivity index (χ4n) is 3.04. The van der Waals surface area contributed by atoms with Gasteiger partial charge in [0.15, 0.2) is 0 Å². The van der Waals surface area contributed by atoms with E-state index in [4.69, 9.17) is 0 Å². The third-order valence-electron chi connectivity index (χ3n) is 4.15. The van der Waals surface area contributed by atoms with Crippen LogP contribution in [0, 0.1) is 11.8 Å². The maximum Gasteiger partial charge on any atom is 0.225 e. The molecule has 0 aromatic carbocycles. The Bertz CT molecular complexity index is 237. The van der Waals surface area contributed by atoms with E-state index in [-0.39, 0.29) is 5.92 Å². The predicted molar refractivity (Wildman–Crippen MR) is 76.5 cm³/mol. The molecule has 0 aromatic heterocycles. The monoisotopic (exact) mass is 254 g/mol. The molecule has 0 heterocycles. The molecular formula is C15H30N2O. The normalized spacial score (nSPS) is 17.9. The number of likely N-dealkylation sites (N-methyl/N-ethyl adjacent to an activating group) is 2. The van der Waals surface area contributed by atoms with Gasteiger partial charge in [-0.15, -0.1) is 0 Å². The van der Waals surface area contributed by atoms with Crippen molar-refractivity contribution in [1.29, 1.82) is 0 Å². The van der Waals surface area contributed by atoms with Crippen LogP contribution >= 0.6 is 0 Å². The highest BCUT2D eigenvalue weighted by Gasteiger charge is 2.26. The number of hydrogen-bond acceptors (Lipinski definition) is 2. The molecule has 18 heavy (non-hydrogen) atoms. The lowest BCUT2D eigenvalue weighted by Gasteiger charge is -2.25. The summed E-state index contributed by atoms with van der Waals surface area (Å²) in [5.41, 5.74) is 0. The highest BCUT2D eigenvalue weighted by atomic mass is 16.2. The molecule has 3 nitrogen and oxygen atoms in total. The highest BCUT2D eigenvalue weighted by Crippen LogP contribution is 2.32. The largest absolute Gasteiger partial charge is 0.344 e. The summed E-state index contributed by atoms with van der Waals surface area (Å²) in [4.78, 5) is 14.3. The second kappa shape index (κ2) is 8.52. The zero-order valence-electron chi connectivity index (χ0n) is 12.4. The molecule has 3 heteroatoms. The van der Waals surface area contributed by atoms with E-state index >= 15 is 0 Å². The van der Waals surface area contributed by atoms with Gasteiger partial charge in [0.1, 0.15) is 0 Å². The molecule has 0 aromatic rings. The first kappa shape index (κ1) is 15.5. The van der Waals surface area contributed by atoms with Gasteiger partial charge in [-0.1, -0.05) is 39.0 Å². The number of nitrogens with one attached hydrogen (secondary N) is 1. The van der Waals surface area contributed by atoms with E-state index in [0.29, 0.717) is 5.91 Å². The number of nitrogens with zero attached hydrogens (tertiary/aromatic N) is 1. The maximum absolute atomic E-state index is 12.4. The number of hydrogen-bond donors (Lipinski definition) is 1. The summed E-state index contributed by atoms with van der Waals surface area (Å²) >= 11 is 0. The van der Waals surface area contributed by atoms with Crippen LogP contribution in [0.25, 0.3) is 0 Å². The van der Waals surface area contributed by atoms with E-state index in [1.807, 2.05) is 19.0 Å². The Morgan fingerprint density at radius 3 is 2.61 bits per heavy atom. The molecule has 1 unspecified atom stereocenters. The van der Waals surface area contributed by atoms with Crippen LogP contribution in [0.3, 0.4) is 0 Å². The molecule has 1 aliphatic carbocycles. The van der Waals surface area contributed by atoms with Crippen molar-refractivity contribution in [3.63, 3.8) is 0 Å². The topological polar surface area (TPSA) is 32.3 Å². The number of rotatable bonds is 8. The Labute approximate surface area is 112 Å². The van der Waals surface area contributed by atoms with Gasteiger partial charge in [-0.05, 0) is 25.8 Å². The molecule has 0 aliphatic heterocycles. The lowest BCUT2D eigenvalue weighted by Crippen LogP contribution is -2.37. The maximum atomic E-state index is 12.4. The average molecular weight is 254 g/mol. The first-order valence-electron chi connectivity index (χ1n) is 7.58. The Hall–Kier alpha value is -0.570. The zero-order chi connectivity index (χ0) is 13.4. The Morgan fingerprint density at radius 2 is 2.06 bits per heavy atom. The summed E-state index contributed by atoms with van der Waals surface area (Å²) in [6.45, 7) is 3.88. The zero-order valence-corrected chi connectivity index (χ0v) is 12.4. The van der Waals surface area contributed by atoms with Crippen LogP contribution in [0.4, 0.5) is 0 Å². The van der Waals surface area contributed by atoms with E-state index in [2.05, 4.69) is 12.2 Å². The smallest absolute Gasteiger partial charge is 0.225 e. The minimum atomic E-state index is 0.264. The minimum absolute atomic E-state index is 0.264. The van der Waals surface area contributed by atoms with E-state index in [9.17, 15) is 4.79 Å². The van der Waals surface area contributed by atoms with Gasteiger partial charge in [-0.25, -0.2) is 0 Å². The summed E-state index contributed by atoms with van der Waals surface area (Å²) in [5.74, 6) is 1.43. The summed E-state index contributed by atoms with van der Waals surface area (Å²) in [6.07, 6.45) is 8.71. The Kier molecular flexibility index (Phi) is 7.33. The Balaban J connectivity index is 2.45. The lowest BCUT2D eigenvalue weighted by molar-refractivity contribution is -0.135. The van der Waals surface area contributed by atoms with Gasteiger partial charge in [0.2, 0.25) is 5.91 Å². The summed E-state index contributed by atoms with van der Waals surface area (Å²) in [6, 6.07) is 0. The quantitative estimate of drug-likeness (QED) is 0.722. The van der Waals surface area contributed by atoms with Crippen molar-refractivity contribution in [2.45, 2.75) is 51.9 Å². The molecule has 0 saturated heterocycles. The van der Waals surface area contributed by atoms with Gasteiger partial charge >= 0.3 is 0 Å². The third kappa shape index (κ3) is 4.97. The van der Waals surface area contributed by atoms with Crippen molar-refractivity contribution in [3.05, 3.63) is 0 Å². The predicted octanol–water partition coefficient (Wildman–Crippen LogP) is 2.66. The van der Waals surface area contributed by atoms with Gasteiger partial charge in [0, 0.05) is 26.1 Å². The molecule has 1 fully saturated rings. The van der Waals surface area contributed by atoms with Crippen LogP contribution in [-0.4, -0.2) is 38.0 Å². The fourth-order valence-corrected chi connectivity index (χ4v) is 3.04. The average Bonchev–Trinajstić information content (AvgIpc) is 2.87. The second-order valence-electron chi connectivity index (χ2n) is 5.74. The van der Waals surface area contributed by atoms with E-state index in [1.165, 1.54) is 25.7 Å². The molecule has 106 valence electrons. The Morgan fingerprint density at radius 1 is 1.39 bits per heavy atom. The third-order valence-corrected chi connectivity index (χ3v) is 4.15. The summed E-state index contributed by atoms with van der Waals surface area (Å²) in [5, 5.41) is 3.10. The summed E-state index contributed by atoms with van der Waals surface area (Å²) in [7, 11) is 3.87. The van der Waals surface area contributed by atoms with Crippen molar-refractivity contribution < 1.29 is 4.79 Å². The molecule has 0 bridgehead atoms. The van der Waals surface area contributed by atoms with Crippen molar-refractivity contribution in [2.24, 2.45) is 11.8 Å². The highest BCUT2D eigenvalue weighted by molar-refractivity contribution is 5.78. The van der Waals surface area contributed by atoms with Gasteiger partial charge in [0.25, 0.3) is 0 Å². The molecule has 1 saturated carbocycles. The van der Waals surface area contributed by atoms with E-state index in [0.717, 1.165) is 38.3 Å². The second-order valence-corrected chi connectivity index (χ2v) is 5.74. The first-order chi connectivity index (χ1) is 8.69. The van der Waals surface area contributed by atoms with Gasteiger partial charge in [-0.2, -0.15) is 0 Å². The van der Waals surface area contributed by atoms with Gasteiger partial charge in [-0.3, -0.25) is 4.79 Å². The van der Waals surface area contributed by atoms with Crippen LogP contribution in [0.1, 0.15) is 51.9 Å².